The van der Waals surface area contributed by atoms with E-state index in [1.165, 1.54) is 4.88 Å². The van der Waals surface area contributed by atoms with Crippen molar-refractivity contribution in [1.82, 2.24) is 10.3 Å². The van der Waals surface area contributed by atoms with Crippen molar-refractivity contribution in [2.75, 3.05) is 6.54 Å². The van der Waals surface area contributed by atoms with Crippen LogP contribution in [-0.2, 0) is 0 Å². The number of nitrogens with one attached hydrogen (secondary N) is 1. The second-order valence-corrected chi connectivity index (χ2v) is 5.98. The maximum atomic E-state index is 6.03. The molecule has 0 spiro atoms. The van der Waals surface area contributed by atoms with Crippen molar-refractivity contribution < 1.29 is 0 Å². The summed E-state index contributed by atoms with van der Waals surface area (Å²) in [7, 11) is 0. The monoisotopic (exact) mass is 280 g/mol. The Kier molecular flexibility index (Phi) is 4.75. The molecule has 0 aliphatic rings. The van der Waals surface area contributed by atoms with Crippen LogP contribution in [0.2, 0.25) is 4.34 Å². The summed E-state index contributed by atoms with van der Waals surface area (Å²) in [5.74, 6) is 0. The molecule has 0 bridgehead atoms. The summed E-state index contributed by atoms with van der Waals surface area (Å²) < 4.78 is 0.820. The van der Waals surface area contributed by atoms with Gasteiger partial charge in [0.15, 0.2) is 0 Å². The van der Waals surface area contributed by atoms with E-state index in [0.29, 0.717) is 0 Å². The minimum Gasteiger partial charge on any atom is -0.304 e. The molecule has 2 nitrogen and oxygen atoms in total. The van der Waals surface area contributed by atoms with Crippen LogP contribution >= 0.6 is 22.9 Å². The summed E-state index contributed by atoms with van der Waals surface area (Å²) in [6, 6.07) is 10.3. The fraction of sp³-hybridized carbons (Fsp3) is 0.357. The van der Waals surface area contributed by atoms with Crippen molar-refractivity contribution in [3.8, 4) is 0 Å². The highest BCUT2D eigenvalue weighted by Crippen LogP contribution is 2.30. The lowest BCUT2D eigenvalue weighted by molar-refractivity contribution is 0.592. The Morgan fingerprint density at radius 1 is 1.33 bits per heavy atom. The van der Waals surface area contributed by atoms with Crippen LogP contribution in [0.4, 0.5) is 0 Å². The zero-order valence-corrected chi connectivity index (χ0v) is 12.2. The van der Waals surface area contributed by atoms with Gasteiger partial charge in [0.05, 0.1) is 16.1 Å². The van der Waals surface area contributed by atoms with Gasteiger partial charge in [0.1, 0.15) is 0 Å². The predicted octanol–water partition coefficient (Wildman–Crippen LogP) is 4.19. The molecule has 0 radical (unpaired) electrons. The molecule has 0 amide bonds. The summed E-state index contributed by atoms with van der Waals surface area (Å²) in [5.41, 5.74) is 2.10. The molecule has 0 saturated heterocycles. The van der Waals surface area contributed by atoms with E-state index in [1.807, 2.05) is 25.1 Å². The van der Waals surface area contributed by atoms with Crippen molar-refractivity contribution in [1.29, 1.82) is 0 Å². The van der Waals surface area contributed by atoms with Crippen molar-refractivity contribution in [3.05, 3.63) is 50.9 Å². The molecule has 2 aromatic heterocycles. The Morgan fingerprint density at radius 2 is 2.17 bits per heavy atom. The smallest absolute Gasteiger partial charge is 0.0931 e. The summed E-state index contributed by atoms with van der Waals surface area (Å²) in [6.45, 7) is 5.15. The van der Waals surface area contributed by atoms with Crippen LogP contribution in [0.15, 0.2) is 30.3 Å². The van der Waals surface area contributed by atoms with Crippen LogP contribution in [0.1, 0.15) is 35.7 Å². The molecule has 0 aliphatic carbocycles. The Hall–Kier alpha value is -0.900. The first-order chi connectivity index (χ1) is 8.70. The van der Waals surface area contributed by atoms with E-state index in [2.05, 4.69) is 29.4 Å². The molecule has 18 heavy (non-hydrogen) atoms. The van der Waals surface area contributed by atoms with Gasteiger partial charge in [-0.2, -0.15) is 0 Å². The number of thiophene rings is 1. The molecule has 0 aliphatic heterocycles. The third-order valence-electron chi connectivity index (χ3n) is 2.68. The molecule has 0 aromatic carbocycles. The topological polar surface area (TPSA) is 24.9 Å². The minimum atomic E-state index is 0.141. The van der Waals surface area contributed by atoms with Crippen molar-refractivity contribution >= 4 is 22.9 Å². The Balaban J connectivity index is 2.30. The van der Waals surface area contributed by atoms with Crippen LogP contribution < -0.4 is 5.32 Å². The van der Waals surface area contributed by atoms with E-state index in [1.54, 1.807) is 11.3 Å². The maximum absolute atomic E-state index is 6.03. The number of aryl methyl sites for hydroxylation is 1. The average molecular weight is 281 g/mol. The number of aromatic nitrogens is 1. The second kappa shape index (κ2) is 6.32. The van der Waals surface area contributed by atoms with Gasteiger partial charge < -0.3 is 5.32 Å². The van der Waals surface area contributed by atoms with Gasteiger partial charge in [-0.1, -0.05) is 24.6 Å². The highest BCUT2D eigenvalue weighted by atomic mass is 35.5. The normalized spacial score (nSPS) is 12.6. The Morgan fingerprint density at radius 3 is 2.78 bits per heavy atom. The summed E-state index contributed by atoms with van der Waals surface area (Å²) in [4.78, 5) is 5.83. The molecule has 1 atom stereocenters. The van der Waals surface area contributed by atoms with E-state index in [4.69, 9.17) is 11.6 Å². The molecule has 1 N–H and O–H groups in total. The third-order valence-corrected chi connectivity index (χ3v) is 3.98. The van der Waals surface area contributed by atoms with Crippen LogP contribution in [0.5, 0.6) is 0 Å². The second-order valence-electron chi connectivity index (χ2n) is 4.23. The largest absolute Gasteiger partial charge is 0.304 e. The van der Waals surface area contributed by atoms with E-state index in [0.717, 1.165) is 28.7 Å². The van der Waals surface area contributed by atoms with Crippen LogP contribution in [0, 0.1) is 6.92 Å². The van der Waals surface area contributed by atoms with Crippen LogP contribution in [-0.4, -0.2) is 11.5 Å². The number of pyridine rings is 1. The molecule has 96 valence electrons. The molecule has 2 heterocycles. The predicted molar refractivity (Wildman–Crippen MR) is 78.4 cm³/mol. The lowest BCUT2D eigenvalue weighted by Crippen LogP contribution is -2.23. The van der Waals surface area contributed by atoms with Gasteiger partial charge in [0.25, 0.3) is 0 Å². The SMILES string of the molecule is CCCNC(c1cccc(C)n1)c1ccc(Cl)s1. The number of nitrogens with zero attached hydrogens (tertiary/aromatic N) is 1. The highest BCUT2D eigenvalue weighted by Gasteiger charge is 2.16. The first-order valence-electron chi connectivity index (χ1n) is 6.13. The molecular formula is C14H17ClN2S. The number of hydrogen-bond acceptors (Lipinski definition) is 3. The fourth-order valence-corrected chi connectivity index (χ4v) is 3.00. The highest BCUT2D eigenvalue weighted by molar-refractivity contribution is 7.16. The first kappa shape index (κ1) is 13.5. The van der Waals surface area contributed by atoms with E-state index >= 15 is 0 Å². The van der Waals surface area contributed by atoms with Crippen LogP contribution in [0.3, 0.4) is 0 Å². The van der Waals surface area contributed by atoms with Crippen LogP contribution in [0.25, 0.3) is 0 Å². The van der Waals surface area contributed by atoms with Gasteiger partial charge >= 0.3 is 0 Å². The lowest BCUT2D eigenvalue weighted by atomic mass is 10.1. The Labute approximate surface area is 117 Å². The fourth-order valence-electron chi connectivity index (χ4n) is 1.85. The van der Waals surface area contributed by atoms with Gasteiger partial charge in [-0.25, -0.2) is 0 Å². The van der Waals surface area contributed by atoms with E-state index in [-0.39, 0.29) is 6.04 Å². The van der Waals surface area contributed by atoms with Gasteiger partial charge in [-0.3, -0.25) is 4.98 Å². The number of hydrogen-bond donors (Lipinski definition) is 1. The molecule has 0 saturated carbocycles. The van der Waals surface area contributed by atoms with Crippen molar-refractivity contribution in [2.24, 2.45) is 0 Å². The standard InChI is InChI=1S/C14H17ClN2S/c1-3-9-16-14(12-7-8-13(15)18-12)11-6-4-5-10(2)17-11/h4-8,14,16H,3,9H2,1-2H3. The zero-order valence-electron chi connectivity index (χ0n) is 10.6. The number of rotatable bonds is 5. The quantitative estimate of drug-likeness (QED) is 0.888. The van der Waals surface area contributed by atoms with Gasteiger partial charge in [-0.15, -0.1) is 11.3 Å². The third kappa shape index (κ3) is 3.31. The molecule has 0 fully saturated rings. The van der Waals surface area contributed by atoms with Gasteiger partial charge in [0, 0.05) is 10.6 Å². The zero-order chi connectivity index (χ0) is 13.0. The number of halogens is 1. The van der Waals surface area contributed by atoms with Gasteiger partial charge in [0.2, 0.25) is 0 Å². The van der Waals surface area contributed by atoms with Crippen molar-refractivity contribution in [2.45, 2.75) is 26.3 Å². The molecule has 1 unspecified atom stereocenters. The summed E-state index contributed by atoms with van der Waals surface area (Å²) in [5, 5.41) is 3.53. The Bertz CT molecular complexity index is 510. The molecular weight excluding hydrogens is 264 g/mol. The maximum Gasteiger partial charge on any atom is 0.0931 e. The van der Waals surface area contributed by atoms with Crippen molar-refractivity contribution in [3.63, 3.8) is 0 Å². The minimum absolute atomic E-state index is 0.141. The molecule has 2 aromatic rings. The molecule has 4 heteroatoms. The van der Waals surface area contributed by atoms with E-state index in [9.17, 15) is 0 Å². The lowest BCUT2D eigenvalue weighted by Gasteiger charge is -2.17. The first-order valence-corrected chi connectivity index (χ1v) is 7.32. The van der Waals surface area contributed by atoms with E-state index < -0.39 is 0 Å². The average Bonchev–Trinajstić information content (AvgIpc) is 2.76. The molecule has 2 rings (SSSR count). The summed E-state index contributed by atoms with van der Waals surface area (Å²) in [6.07, 6.45) is 1.10. The summed E-state index contributed by atoms with van der Waals surface area (Å²) >= 11 is 7.64. The van der Waals surface area contributed by atoms with Gasteiger partial charge in [-0.05, 0) is 44.2 Å².